The fourth-order valence-corrected chi connectivity index (χ4v) is 22.7. The molecule has 17 fully saturated rings. The number of carbonyl (C=O) groups is 17. The second-order valence-corrected chi connectivity index (χ2v) is 33.6. The van der Waals surface area contributed by atoms with Crippen molar-refractivity contribution in [3.8, 4) is 0 Å². The van der Waals surface area contributed by atoms with Crippen LogP contribution in [0.3, 0.4) is 0 Å². The van der Waals surface area contributed by atoms with Gasteiger partial charge in [-0.2, -0.15) is 13.2 Å². The van der Waals surface area contributed by atoms with Crippen LogP contribution in [-0.2, 0) is 95.7 Å². The summed E-state index contributed by atoms with van der Waals surface area (Å²) in [6.07, 6.45) is 20.3. The fraction of sp³-hybridized carbons (Fsp3) is 0.622. The van der Waals surface area contributed by atoms with Crippen molar-refractivity contribution in [1.82, 2.24) is 34.3 Å². The normalized spacial score (nSPS) is 35.0. The SMILES string of the molecule is C=C(C(=O)N1C(=O)CC1OC(C)=O)C(F)(F)F.C=C(C)C(=O)N1C(=O)CC12CC1CC2C2CCCC12.C=C(C)C(=O)N1C(=O)CC12CC1CCC2C1.C=C(C)C(=O)N1C(=O)CC1OC(C)=O.C=CC(=O)N1C(=O)CC12CC1CC2C2CCCC12.C=CC(=O)N1C(=O)CC12CC1CCC2C1.C=CC(=O)N1C(=O)CC1OC(C)=O. The quantitative estimate of drug-likeness (QED) is 0.0853. The highest BCUT2D eigenvalue weighted by Crippen LogP contribution is 2.69. The lowest BCUT2D eigenvalue weighted by Crippen LogP contribution is -2.69. The van der Waals surface area contributed by atoms with Gasteiger partial charge in [0.1, 0.15) is 5.57 Å². The first kappa shape index (κ1) is 83.3. The Bertz CT molecular complexity index is 4180. The maximum Gasteiger partial charge on any atom is 0.421 e. The van der Waals surface area contributed by atoms with Crippen molar-refractivity contribution in [2.45, 2.75) is 249 Å². The number of nitrogens with zero attached hydrogens (tertiary/aromatic N) is 7. The summed E-state index contributed by atoms with van der Waals surface area (Å²) >= 11 is 0. The van der Waals surface area contributed by atoms with Crippen LogP contribution < -0.4 is 0 Å². The van der Waals surface area contributed by atoms with Crippen molar-refractivity contribution < 1.29 is 109 Å². The third-order valence-electron chi connectivity index (χ3n) is 27.1. The Morgan fingerprint density at radius 3 is 1.02 bits per heavy atom. The lowest BCUT2D eigenvalue weighted by atomic mass is 9.64. The van der Waals surface area contributed by atoms with Crippen molar-refractivity contribution in [3.05, 3.63) is 86.6 Å². The van der Waals surface area contributed by atoms with E-state index >= 15 is 0 Å². The van der Waals surface area contributed by atoms with Gasteiger partial charge in [0.2, 0.25) is 41.4 Å². The molecule has 10 saturated carbocycles. The number of fused-ring (bicyclic) bond motifs is 18. The standard InChI is InChI=1S/C16H21NO2.C15H19NO2.C13H17NO2.C12H15NO2.C9H8F3NO4.C9H11NO4.C8H9NO4/c1-9(2)15(19)17-14(18)8-16(17)7-10-6-13(16)12-5-3-4-11(10)12;1-2-13(17)16-14(18)8-15(16)7-9-6-12(15)11-5-3-4-10(9)11;1-8(2)12(16)14-11(15)7-13(14)6-9-3-4-10(13)5-9;1-2-10(14)13-11(15)7-12(13)6-8-3-4-9(12)5-8;1-4(9(10,11)12)8(16)13-6(15)3-7(13)17-5(2)14;1-5(2)9(13)10-7(12)4-8(10)14-6(3)11;1-3-6(11)9-7(12)4-8(9)13-5(2)10/h10-13H,1,3-8H2,2H3;2,9-12H,1,3-8H2;9-10H,1,3-7H2,2H3;2,8-9H,1,3-7H2;7H,1,3H2,2H3;8H,1,4H2,2-3H3;3,8H,1,4H2,2H3. The van der Waals surface area contributed by atoms with Crippen LogP contribution in [-0.4, -0.2) is 182 Å². The van der Waals surface area contributed by atoms with Crippen LogP contribution in [0, 0.1) is 71.0 Å². The van der Waals surface area contributed by atoms with Gasteiger partial charge in [0.25, 0.3) is 41.4 Å². The average Bonchev–Trinajstić information content (AvgIpc) is 1.48. The van der Waals surface area contributed by atoms with Crippen LogP contribution in [0.2, 0.25) is 0 Å². The van der Waals surface area contributed by atoms with Gasteiger partial charge in [0, 0.05) is 37.5 Å². The molecule has 112 heavy (non-hydrogen) atoms. The fourth-order valence-electron chi connectivity index (χ4n) is 22.7. The Morgan fingerprint density at radius 1 is 0.384 bits per heavy atom. The van der Waals surface area contributed by atoms with Crippen molar-refractivity contribution >= 4 is 101 Å². The first-order chi connectivity index (χ1) is 52.6. The van der Waals surface area contributed by atoms with Gasteiger partial charge in [-0.05, 0) is 213 Å². The number of imide groups is 7. The number of carbonyl (C=O) groups excluding carboxylic acids is 17. The molecule has 17 rings (SSSR count). The molecule has 604 valence electrons. The molecule has 8 bridgehead atoms. The number of amides is 14. The first-order valence-electron chi connectivity index (χ1n) is 38.8. The van der Waals surface area contributed by atoms with Crippen LogP contribution in [0.1, 0.15) is 202 Å². The maximum atomic E-state index is 12.3. The molecule has 0 aromatic heterocycles. The van der Waals surface area contributed by atoms with Crippen LogP contribution in [0.5, 0.6) is 0 Å². The number of alkyl halides is 3. The molecule has 7 heterocycles. The molecule has 27 nitrogen and oxygen atoms in total. The summed E-state index contributed by atoms with van der Waals surface area (Å²) in [5.74, 6) is 2.14. The lowest BCUT2D eigenvalue weighted by molar-refractivity contribution is -0.189. The van der Waals surface area contributed by atoms with E-state index in [1.165, 1.54) is 133 Å². The molecular weight excluding hydrogens is 1460 g/mol. The third kappa shape index (κ3) is 14.6. The van der Waals surface area contributed by atoms with E-state index in [4.69, 9.17) is 4.74 Å². The smallest absolute Gasteiger partial charge is 0.421 e. The van der Waals surface area contributed by atoms with Gasteiger partial charge in [-0.15, -0.1) is 0 Å². The lowest BCUT2D eigenvalue weighted by Gasteiger charge is -2.55. The Balaban J connectivity index is 0.000000130. The van der Waals surface area contributed by atoms with Gasteiger partial charge in [-0.25, -0.2) is 14.7 Å². The number of hydrogen-bond donors (Lipinski definition) is 0. The van der Waals surface area contributed by atoms with Crippen LogP contribution >= 0.6 is 0 Å². The molecule has 7 aliphatic heterocycles. The molecular formula is C82H100F3N7O20. The van der Waals surface area contributed by atoms with E-state index in [1.807, 2.05) is 0 Å². The molecule has 30 heteroatoms. The first-order valence-corrected chi connectivity index (χ1v) is 38.8. The largest absolute Gasteiger partial charge is 0.441 e. The molecule has 7 saturated heterocycles. The molecule has 19 unspecified atom stereocenters. The maximum absolute atomic E-state index is 12.3. The minimum atomic E-state index is -4.92. The predicted molar refractivity (Wildman–Crippen MR) is 388 cm³/mol. The zero-order valence-electron chi connectivity index (χ0n) is 64.4. The van der Waals surface area contributed by atoms with E-state index in [9.17, 15) is 94.7 Å². The van der Waals surface area contributed by atoms with Gasteiger partial charge in [0.15, 0.2) is 18.7 Å². The average molecular weight is 1560 g/mol. The van der Waals surface area contributed by atoms with Crippen LogP contribution in [0.25, 0.3) is 0 Å². The molecule has 0 radical (unpaired) electrons. The highest BCUT2D eigenvalue weighted by molar-refractivity contribution is 6.11. The molecule has 0 aromatic rings. The van der Waals surface area contributed by atoms with E-state index in [-0.39, 0.29) is 111 Å². The Hall–Kier alpha value is -9.64. The highest BCUT2D eigenvalue weighted by Gasteiger charge is 2.72. The van der Waals surface area contributed by atoms with Gasteiger partial charge >= 0.3 is 24.1 Å². The van der Waals surface area contributed by atoms with E-state index in [1.54, 1.807) is 23.6 Å². The Kier molecular flexibility index (Phi) is 23.3. The van der Waals surface area contributed by atoms with E-state index in [0.717, 1.165) is 95.8 Å². The van der Waals surface area contributed by atoms with Gasteiger partial charge in [0.05, 0.1) is 67.1 Å². The minimum absolute atomic E-state index is 0.000509. The summed E-state index contributed by atoms with van der Waals surface area (Å²) in [6, 6.07) is 0. The van der Waals surface area contributed by atoms with Crippen molar-refractivity contribution in [1.29, 1.82) is 0 Å². The summed E-state index contributed by atoms with van der Waals surface area (Å²) in [5.41, 5.74) is -0.852. The number of esters is 3. The summed E-state index contributed by atoms with van der Waals surface area (Å²) in [5, 5.41) is 0. The number of hydrogen-bond acceptors (Lipinski definition) is 20. The summed E-state index contributed by atoms with van der Waals surface area (Å²) in [4.78, 5) is 201. The van der Waals surface area contributed by atoms with E-state index in [0.29, 0.717) is 60.5 Å². The molecule has 14 amide bonds. The molecule has 4 spiro atoms. The van der Waals surface area contributed by atoms with Crippen LogP contribution in [0.15, 0.2) is 86.6 Å². The third-order valence-corrected chi connectivity index (χ3v) is 27.1. The van der Waals surface area contributed by atoms with Crippen molar-refractivity contribution in [2.24, 2.45) is 71.0 Å². The van der Waals surface area contributed by atoms with E-state index in [2.05, 4.69) is 55.5 Å². The minimum Gasteiger partial charge on any atom is -0.441 e. The zero-order chi connectivity index (χ0) is 82.2. The molecule has 19 atom stereocenters. The second-order valence-electron chi connectivity index (χ2n) is 33.6. The number of halogens is 3. The molecule has 0 aromatic carbocycles. The summed E-state index contributed by atoms with van der Waals surface area (Å²) in [6.45, 7) is 32.0. The summed E-state index contributed by atoms with van der Waals surface area (Å²) < 4.78 is 50.4. The molecule has 0 N–H and O–H groups in total. The monoisotopic (exact) mass is 1560 g/mol. The van der Waals surface area contributed by atoms with Crippen molar-refractivity contribution in [2.75, 3.05) is 0 Å². The van der Waals surface area contributed by atoms with Crippen molar-refractivity contribution in [3.63, 3.8) is 0 Å². The van der Waals surface area contributed by atoms with Gasteiger partial charge < -0.3 is 14.2 Å². The number of likely N-dealkylation sites (tertiary alicyclic amines) is 7. The second kappa shape index (κ2) is 31.4. The number of rotatable bonds is 10. The van der Waals surface area contributed by atoms with Gasteiger partial charge in [-0.1, -0.05) is 58.9 Å². The summed E-state index contributed by atoms with van der Waals surface area (Å²) in [7, 11) is 0. The molecule has 17 aliphatic rings. The highest BCUT2D eigenvalue weighted by atomic mass is 19.4. The van der Waals surface area contributed by atoms with Crippen LogP contribution in [0.4, 0.5) is 13.2 Å². The van der Waals surface area contributed by atoms with E-state index < -0.39 is 72.0 Å². The topological polar surface area (TPSA) is 341 Å². The number of ether oxygens (including phenoxy) is 3. The predicted octanol–water partition coefficient (Wildman–Crippen LogP) is 8.80. The van der Waals surface area contributed by atoms with Gasteiger partial charge in [-0.3, -0.25) is 101 Å². The molecule has 10 aliphatic carbocycles. The Morgan fingerprint density at radius 2 is 0.705 bits per heavy atom. The zero-order valence-corrected chi connectivity index (χ0v) is 64.4. The Labute approximate surface area is 647 Å². The number of β-lactam (4-membered cyclic amide) rings is 7.